The van der Waals surface area contributed by atoms with Crippen LogP contribution in [0, 0.1) is 0 Å². The molecule has 0 spiro atoms. The lowest BCUT2D eigenvalue weighted by molar-refractivity contribution is 0.0946. The van der Waals surface area contributed by atoms with Crippen molar-refractivity contribution < 1.29 is 14.3 Å². The molecule has 1 N–H and O–H groups in total. The highest BCUT2D eigenvalue weighted by molar-refractivity contribution is 5.95. The van der Waals surface area contributed by atoms with Crippen LogP contribution in [0.25, 0.3) is 10.9 Å². The van der Waals surface area contributed by atoms with Crippen LogP contribution in [0.1, 0.15) is 16.1 Å². The molecule has 0 bridgehead atoms. The molecule has 6 heteroatoms. The van der Waals surface area contributed by atoms with Crippen LogP contribution in [0.2, 0.25) is 0 Å². The number of benzene rings is 1. The van der Waals surface area contributed by atoms with Crippen molar-refractivity contribution in [3.63, 3.8) is 0 Å². The van der Waals surface area contributed by atoms with Crippen molar-refractivity contribution in [3.8, 4) is 11.6 Å². The Labute approximate surface area is 139 Å². The first-order chi connectivity index (χ1) is 11.7. The maximum Gasteiger partial charge on any atom is 0.270 e. The van der Waals surface area contributed by atoms with Gasteiger partial charge in [-0.2, -0.15) is 0 Å². The summed E-state index contributed by atoms with van der Waals surface area (Å²) in [6.07, 6.45) is 1.60. The SMILES string of the molecule is COc1ccccc1CNC(=O)c1ccc2c(OC)nccc2n1. The molecule has 0 aliphatic heterocycles. The van der Waals surface area contributed by atoms with Crippen molar-refractivity contribution in [2.45, 2.75) is 6.54 Å². The van der Waals surface area contributed by atoms with Crippen molar-refractivity contribution in [1.29, 1.82) is 0 Å². The summed E-state index contributed by atoms with van der Waals surface area (Å²) in [6, 6.07) is 12.7. The second kappa shape index (κ2) is 6.95. The fraction of sp³-hybridized carbons (Fsp3) is 0.167. The number of fused-ring (bicyclic) bond motifs is 1. The number of para-hydroxylation sites is 1. The van der Waals surface area contributed by atoms with Gasteiger partial charge in [0.2, 0.25) is 5.88 Å². The van der Waals surface area contributed by atoms with Gasteiger partial charge in [-0.15, -0.1) is 0 Å². The fourth-order valence-corrected chi connectivity index (χ4v) is 2.43. The molecule has 0 unspecified atom stereocenters. The number of pyridine rings is 2. The molecule has 24 heavy (non-hydrogen) atoms. The molecule has 0 aliphatic rings. The van der Waals surface area contributed by atoms with Crippen molar-refractivity contribution in [2.24, 2.45) is 0 Å². The van der Waals surface area contributed by atoms with Crippen LogP contribution in [-0.2, 0) is 6.54 Å². The molecule has 0 saturated carbocycles. The number of aromatic nitrogens is 2. The third kappa shape index (κ3) is 3.12. The van der Waals surface area contributed by atoms with Crippen molar-refractivity contribution in [3.05, 3.63) is 59.9 Å². The first kappa shape index (κ1) is 15.7. The summed E-state index contributed by atoms with van der Waals surface area (Å²) in [5.41, 5.74) is 1.90. The van der Waals surface area contributed by atoms with Crippen molar-refractivity contribution >= 4 is 16.8 Å². The molecule has 2 aromatic heterocycles. The van der Waals surface area contributed by atoms with Crippen LogP contribution in [0.15, 0.2) is 48.7 Å². The van der Waals surface area contributed by atoms with Crippen molar-refractivity contribution in [2.75, 3.05) is 14.2 Å². The van der Waals surface area contributed by atoms with Gasteiger partial charge in [-0.25, -0.2) is 9.97 Å². The number of hydrogen-bond acceptors (Lipinski definition) is 5. The molecule has 0 atom stereocenters. The van der Waals surface area contributed by atoms with Crippen LogP contribution >= 0.6 is 0 Å². The van der Waals surface area contributed by atoms with E-state index in [1.807, 2.05) is 24.3 Å². The number of amides is 1. The van der Waals surface area contributed by atoms with E-state index in [1.54, 1.807) is 38.6 Å². The molecule has 1 amide bonds. The Kier molecular flexibility index (Phi) is 4.56. The molecule has 6 nitrogen and oxygen atoms in total. The van der Waals surface area contributed by atoms with E-state index in [4.69, 9.17) is 9.47 Å². The minimum atomic E-state index is -0.251. The zero-order valence-electron chi connectivity index (χ0n) is 13.4. The van der Waals surface area contributed by atoms with E-state index in [0.717, 1.165) is 16.7 Å². The fourth-order valence-electron chi connectivity index (χ4n) is 2.43. The second-order valence-corrected chi connectivity index (χ2v) is 5.08. The molecular formula is C18H17N3O3. The topological polar surface area (TPSA) is 73.3 Å². The summed E-state index contributed by atoms with van der Waals surface area (Å²) < 4.78 is 10.5. The summed E-state index contributed by atoms with van der Waals surface area (Å²) in [5, 5.41) is 3.62. The van der Waals surface area contributed by atoms with Crippen molar-refractivity contribution in [1.82, 2.24) is 15.3 Å². The normalized spacial score (nSPS) is 10.4. The Morgan fingerprint density at radius 1 is 1.08 bits per heavy atom. The summed E-state index contributed by atoms with van der Waals surface area (Å²) in [6.45, 7) is 0.363. The maximum absolute atomic E-state index is 12.4. The van der Waals surface area contributed by atoms with Crippen LogP contribution < -0.4 is 14.8 Å². The van der Waals surface area contributed by atoms with Gasteiger partial charge in [-0.3, -0.25) is 4.79 Å². The summed E-state index contributed by atoms with van der Waals surface area (Å²) in [4.78, 5) is 20.8. The first-order valence-electron chi connectivity index (χ1n) is 7.43. The average molecular weight is 323 g/mol. The average Bonchev–Trinajstić information content (AvgIpc) is 2.65. The Morgan fingerprint density at radius 2 is 1.92 bits per heavy atom. The third-order valence-electron chi connectivity index (χ3n) is 3.64. The van der Waals surface area contributed by atoms with E-state index >= 15 is 0 Å². The van der Waals surface area contributed by atoms with E-state index in [9.17, 15) is 4.79 Å². The first-order valence-corrected chi connectivity index (χ1v) is 7.43. The predicted molar refractivity (Wildman–Crippen MR) is 90.3 cm³/mol. The quantitative estimate of drug-likeness (QED) is 0.781. The Balaban J connectivity index is 1.79. The molecule has 2 heterocycles. The summed E-state index contributed by atoms with van der Waals surface area (Å²) >= 11 is 0. The number of carbonyl (C=O) groups is 1. The predicted octanol–water partition coefficient (Wildman–Crippen LogP) is 2.58. The zero-order valence-corrected chi connectivity index (χ0v) is 13.4. The van der Waals surface area contributed by atoms with Gasteiger partial charge >= 0.3 is 0 Å². The van der Waals surface area contributed by atoms with E-state index in [0.29, 0.717) is 23.6 Å². The third-order valence-corrected chi connectivity index (χ3v) is 3.64. The number of carbonyl (C=O) groups excluding carboxylic acids is 1. The molecular weight excluding hydrogens is 306 g/mol. The van der Waals surface area contributed by atoms with Gasteiger partial charge in [-0.05, 0) is 24.3 Å². The Morgan fingerprint density at radius 3 is 2.71 bits per heavy atom. The highest BCUT2D eigenvalue weighted by Gasteiger charge is 2.11. The lowest BCUT2D eigenvalue weighted by Crippen LogP contribution is -2.24. The van der Waals surface area contributed by atoms with Crippen LogP contribution in [0.3, 0.4) is 0 Å². The Hall–Kier alpha value is -3.15. The van der Waals surface area contributed by atoms with E-state index in [2.05, 4.69) is 15.3 Å². The molecule has 122 valence electrons. The van der Waals surface area contributed by atoms with Gasteiger partial charge in [0.15, 0.2) is 0 Å². The van der Waals surface area contributed by atoms with E-state index in [-0.39, 0.29) is 5.91 Å². The van der Waals surface area contributed by atoms with Crippen LogP contribution in [-0.4, -0.2) is 30.1 Å². The molecule has 1 aromatic carbocycles. The minimum Gasteiger partial charge on any atom is -0.496 e. The lowest BCUT2D eigenvalue weighted by atomic mass is 10.2. The number of methoxy groups -OCH3 is 2. The number of rotatable bonds is 5. The van der Waals surface area contributed by atoms with E-state index < -0.39 is 0 Å². The standard InChI is InChI=1S/C18H17N3O3/c1-23-16-6-4-3-5-12(16)11-20-17(22)15-8-7-13-14(21-15)9-10-19-18(13)24-2/h3-10H,11H2,1-2H3,(H,20,22). The minimum absolute atomic E-state index is 0.251. The number of hydrogen-bond donors (Lipinski definition) is 1. The number of nitrogens with one attached hydrogen (secondary N) is 1. The number of ether oxygens (including phenoxy) is 2. The van der Waals surface area contributed by atoms with Crippen LogP contribution in [0.5, 0.6) is 11.6 Å². The second-order valence-electron chi connectivity index (χ2n) is 5.08. The van der Waals surface area contributed by atoms with Gasteiger partial charge in [0.05, 0.1) is 25.1 Å². The van der Waals surface area contributed by atoms with Gasteiger partial charge in [0.1, 0.15) is 11.4 Å². The van der Waals surface area contributed by atoms with Crippen LogP contribution in [0.4, 0.5) is 0 Å². The van der Waals surface area contributed by atoms with Gasteiger partial charge in [0.25, 0.3) is 5.91 Å². The summed E-state index contributed by atoms with van der Waals surface area (Å²) in [5.74, 6) is 0.972. The monoisotopic (exact) mass is 323 g/mol. The highest BCUT2D eigenvalue weighted by atomic mass is 16.5. The van der Waals surface area contributed by atoms with E-state index in [1.165, 1.54) is 0 Å². The van der Waals surface area contributed by atoms with Gasteiger partial charge in [0, 0.05) is 18.3 Å². The molecule has 0 fully saturated rings. The molecule has 3 rings (SSSR count). The molecule has 3 aromatic rings. The molecule has 0 radical (unpaired) electrons. The summed E-state index contributed by atoms with van der Waals surface area (Å²) in [7, 11) is 3.16. The maximum atomic E-state index is 12.4. The Bertz CT molecular complexity index is 880. The lowest BCUT2D eigenvalue weighted by Gasteiger charge is -2.10. The molecule has 0 saturated heterocycles. The molecule has 0 aliphatic carbocycles. The largest absolute Gasteiger partial charge is 0.496 e. The number of nitrogens with zero attached hydrogens (tertiary/aromatic N) is 2. The smallest absolute Gasteiger partial charge is 0.270 e. The van der Waals surface area contributed by atoms with Gasteiger partial charge in [-0.1, -0.05) is 18.2 Å². The zero-order chi connectivity index (χ0) is 16.9. The van der Waals surface area contributed by atoms with Gasteiger partial charge < -0.3 is 14.8 Å². The highest BCUT2D eigenvalue weighted by Crippen LogP contribution is 2.21.